The summed E-state index contributed by atoms with van der Waals surface area (Å²) in [4.78, 5) is 28.3. The number of alkyl halides is 2. The van der Waals surface area contributed by atoms with Gasteiger partial charge in [-0.05, 0) is 19.8 Å². The van der Waals surface area contributed by atoms with Gasteiger partial charge in [0.2, 0.25) is 0 Å². The minimum atomic E-state index is -3.12. The molecule has 8 nitrogen and oxygen atoms in total. The maximum Gasteiger partial charge on any atom is 0.328 e. The largest absolute Gasteiger partial charge is 0.396 e. The van der Waals surface area contributed by atoms with Crippen molar-refractivity contribution < 1.29 is 17.9 Å². The second-order valence-corrected chi connectivity index (χ2v) is 8.14. The second kappa shape index (κ2) is 6.71. The van der Waals surface area contributed by atoms with Crippen LogP contribution in [-0.2, 0) is 4.74 Å². The molecule has 2 heterocycles. The van der Waals surface area contributed by atoms with E-state index in [2.05, 4.69) is 4.98 Å². The summed E-state index contributed by atoms with van der Waals surface area (Å²) in [6.45, 7) is 0.593. The summed E-state index contributed by atoms with van der Waals surface area (Å²) in [5.41, 5.74) is 9.70. The van der Waals surface area contributed by atoms with Crippen molar-refractivity contribution in [1.29, 1.82) is 0 Å². The fraction of sp³-hybridized carbons (Fsp3) is 0.667. The lowest BCUT2D eigenvalue weighted by molar-refractivity contribution is -0.0406. The van der Waals surface area contributed by atoms with Gasteiger partial charge in [-0.25, -0.2) is 18.0 Å². The highest BCUT2D eigenvalue weighted by atomic mass is 19.3. The number of nitrogens with one attached hydrogen (secondary N) is 1. The number of ether oxygens (including phenoxy) is 1. The summed E-state index contributed by atoms with van der Waals surface area (Å²) in [5, 5.41) is 0. The molecule has 2 fully saturated rings. The summed E-state index contributed by atoms with van der Waals surface area (Å²) in [5.74, 6) is -5.20. The van der Waals surface area contributed by atoms with E-state index in [1.807, 2.05) is 0 Å². The van der Waals surface area contributed by atoms with Gasteiger partial charge in [0.05, 0.1) is 35.5 Å². The summed E-state index contributed by atoms with van der Waals surface area (Å²) in [6.07, 6.45) is 0.274. The molecule has 0 amide bonds. The number of H-pyrrole nitrogens is 1. The predicted molar refractivity (Wildman–Crippen MR) is 99.0 cm³/mol. The van der Waals surface area contributed by atoms with Crippen molar-refractivity contribution in [3.8, 4) is 0 Å². The summed E-state index contributed by atoms with van der Waals surface area (Å²) >= 11 is 0. The Kier molecular flexibility index (Phi) is 4.67. The average molecular weight is 415 g/mol. The van der Waals surface area contributed by atoms with Gasteiger partial charge in [0.25, 0.3) is 11.5 Å². The van der Waals surface area contributed by atoms with Crippen LogP contribution in [0, 0.1) is 5.92 Å². The smallest absolute Gasteiger partial charge is 0.328 e. The molecule has 4 atom stereocenters. The average Bonchev–Trinajstić information content (AvgIpc) is 3.40. The molecule has 1 aliphatic heterocycles. The molecule has 4 unspecified atom stereocenters. The molecule has 29 heavy (non-hydrogen) atoms. The monoisotopic (exact) mass is 415 g/mol. The Morgan fingerprint density at radius 3 is 2.48 bits per heavy atom. The van der Waals surface area contributed by atoms with E-state index in [1.165, 1.54) is 23.5 Å². The van der Waals surface area contributed by atoms with E-state index in [-0.39, 0.29) is 23.8 Å². The molecule has 11 heteroatoms. The van der Waals surface area contributed by atoms with Gasteiger partial charge in [0.15, 0.2) is 0 Å². The lowest BCUT2D eigenvalue weighted by Crippen LogP contribution is -2.48. The van der Waals surface area contributed by atoms with Crippen LogP contribution in [0.5, 0.6) is 0 Å². The van der Waals surface area contributed by atoms with Crippen LogP contribution in [0.4, 0.5) is 13.2 Å². The number of likely N-dealkylation sites (tertiary alicyclic amines) is 1. The Labute approximate surface area is 164 Å². The molecule has 3 aliphatic rings. The molecule has 0 spiro atoms. The molecule has 1 saturated heterocycles. The first-order valence-corrected chi connectivity index (χ1v) is 9.53. The number of aromatic amines is 1. The molecule has 0 aromatic carbocycles. The SMILES string of the molecule is COC1c2c(c(=O)[nH]c(=O)n2C2CC2)C(N)=C(F)C1N1CC(C(C)N)C(F)(F)C1. The number of hydrogen-bond donors (Lipinski definition) is 3. The molecule has 0 bridgehead atoms. The quantitative estimate of drug-likeness (QED) is 0.657. The molecule has 2 aliphatic carbocycles. The van der Waals surface area contributed by atoms with Gasteiger partial charge in [-0.3, -0.25) is 19.2 Å². The molecule has 160 valence electrons. The van der Waals surface area contributed by atoms with Gasteiger partial charge < -0.3 is 16.2 Å². The Bertz CT molecular complexity index is 982. The molecule has 0 radical (unpaired) electrons. The Hall–Kier alpha value is -2.11. The number of nitrogens with zero attached hydrogens (tertiary/aromatic N) is 2. The third-order valence-electron chi connectivity index (χ3n) is 6.11. The molecule has 1 aromatic heterocycles. The lowest BCUT2D eigenvalue weighted by atomic mass is 9.91. The highest BCUT2D eigenvalue weighted by Gasteiger charge is 2.55. The zero-order chi connectivity index (χ0) is 21.2. The van der Waals surface area contributed by atoms with E-state index in [4.69, 9.17) is 16.2 Å². The molecule has 1 aromatic rings. The first kappa shape index (κ1) is 20.2. The van der Waals surface area contributed by atoms with Crippen LogP contribution in [0.25, 0.3) is 5.70 Å². The molecule has 4 rings (SSSR count). The van der Waals surface area contributed by atoms with Crippen molar-refractivity contribution in [2.24, 2.45) is 17.4 Å². The maximum absolute atomic E-state index is 15.3. The van der Waals surface area contributed by atoms with Crippen molar-refractivity contribution in [2.45, 2.75) is 49.9 Å². The van der Waals surface area contributed by atoms with E-state index >= 15 is 4.39 Å². The minimum Gasteiger partial charge on any atom is -0.396 e. The number of nitrogens with two attached hydrogens (primary N) is 2. The summed E-state index contributed by atoms with van der Waals surface area (Å²) in [7, 11) is 1.29. The number of aromatic nitrogens is 2. The van der Waals surface area contributed by atoms with E-state index in [1.54, 1.807) is 0 Å². The van der Waals surface area contributed by atoms with Gasteiger partial charge >= 0.3 is 5.69 Å². The van der Waals surface area contributed by atoms with Crippen molar-refractivity contribution in [2.75, 3.05) is 20.2 Å². The van der Waals surface area contributed by atoms with Crippen molar-refractivity contribution in [3.63, 3.8) is 0 Å². The highest BCUT2D eigenvalue weighted by molar-refractivity contribution is 5.70. The predicted octanol–water partition coefficient (Wildman–Crippen LogP) is 0.452. The fourth-order valence-corrected chi connectivity index (χ4v) is 4.56. The first-order chi connectivity index (χ1) is 13.6. The van der Waals surface area contributed by atoms with Crippen LogP contribution in [0.3, 0.4) is 0 Å². The zero-order valence-electron chi connectivity index (χ0n) is 16.1. The number of methoxy groups -OCH3 is 1. The minimum absolute atomic E-state index is 0.139. The van der Waals surface area contributed by atoms with Crippen molar-refractivity contribution in [3.05, 3.63) is 37.9 Å². The van der Waals surface area contributed by atoms with Crippen molar-refractivity contribution >= 4 is 5.70 Å². The molecular formula is C18H24F3N5O3. The topological polar surface area (TPSA) is 119 Å². The summed E-state index contributed by atoms with van der Waals surface area (Å²) < 4.78 is 51.2. The van der Waals surface area contributed by atoms with E-state index < -0.39 is 59.3 Å². The van der Waals surface area contributed by atoms with Crippen LogP contribution in [0.1, 0.15) is 43.2 Å². The highest BCUT2D eigenvalue weighted by Crippen LogP contribution is 2.46. The van der Waals surface area contributed by atoms with Crippen LogP contribution in [0.2, 0.25) is 0 Å². The Balaban J connectivity index is 1.87. The normalized spacial score (nSPS) is 30.5. The molecule has 1 saturated carbocycles. The number of fused-ring (bicyclic) bond motifs is 1. The van der Waals surface area contributed by atoms with Gasteiger partial charge in [-0.15, -0.1) is 0 Å². The second-order valence-electron chi connectivity index (χ2n) is 8.14. The third-order valence-corrected chi connectivity index (χ3v) is 6.11. The first-order valence-electron chi connectivity index (χ1n) is 9.53. The Morgan fingerprint density at radius 1 is 1.31 bits per heavy atom. The van der Waals surface area contributed by atoms with E-state index in [0.717, 1.165) is 0 Å². The standard InChI is InChI=1S/C18H24F3N5O3/c1-7(22)9-5-25(6-18(9,20)21)14-11(19)12(23)10-13(15(14)29-2)26(8-3-4-8)17(28)24-16(10)27/h7-9,14-15H,3-6,22-23H2,1-2H3,(H,24,27,28). The molecular weight excluding hydrogens is 391 g/mol. The lowest BCUT2D eigenvalue weighted by Gasteiger charge is -2.38. The maximum atomic E-state index is 15.3. The van der Waals surface area contributed by atoms with Crippen LogP contribution in [-0.4, -0.2) is 52.7 Å². The zero-order valence-corrected chi connectivity index (χ0v) is 16.1. The van der Waals surface area contributed by atoms with Crippen LogP contribution < -0.4 is 22.7 Å². The van der Waals surface area contributed by atoms with Crippen LogP contribution >= 0.6 is 0 Å². The van der Waals surface area contributed by atoms with E-state index in [9.17, 15) is 18.4 Å². The fourth-order valence-electron chi connectivity index (χ4n) is 4.56. The van der Waals surface area contributed by atoms with Crippen LogP contribution in [0.15, 0.2) is 15.4 Å². The van der Waals surface area contributed by atoms with Gasteiger partial charge in [-0.1, -0.05) is 0 Å². The Morgan fingerprint density at radius 2 is 1.97 bits per heavy atom. The van der Waals surface area contributed by atoms with E-state index in [0.29, 0.717) is 12.8 Å². The summed E-state index contributed by atoms with van der Waals surface area (Å²) in [6, 6.07) is -2.26. The number of rotatable bonds is 4. The van der Waals surface area contributed by atoms with Gasteiger partial charge in [0.1, 0.15) is 11.9 Å². The van der Waals surface area contributed by atoms with Gasteiger partial charge in [0, 0.05) is 25.7 Å². The van der Waals surface area contributed by atoms with Gasteiger partial charge in [-0.2, -0.15) is 0 Å². The number of halogens is 3. The molecule has 5 N–H and O–H groups in total. The third kappa shape index (κ3) is 3.03. The van der Waals surface area contributed by atoms with Crippen molar-refractivity contribution in [1.82, 2.24) is 14.5 Å². The number of hydrogen-bond acceptors (Lipinski definition) is 6.